The lowest BCUT2D eigenvalue weighted by molar-refractivity contribution is 0.0706. The van der Waals surface area contributed by atoms with Crippen LogP contribution in [-0.4, -0.2) is 40.3 Å². The second-order valence-corrected chi connectivity index (χ2v) is 8.50. The van der Waals surface area contributed by atoms with E-state index in [0.717, 1.165) is 25.5 Å². The molecule has 0 N–H and O–H groups in total. The summed E-state index contributed by atoms with van der Waals surface area (Å²) >= 11 is 4.88. The summed E-state index contributed by atoms with van der Waals surface area (Å²) in [6.45, 7) is 10.6. The van der Waals surface area contributed by atoms with Crippen molar-refractivity contribution >= 4 is 26.1 Å². The second-order valence-electron chi connectivity index (χ2n) is 5.19. The maximum absolute atomic E-state index is 5.86. The molecule has 0 aliphatic heterocycles. The van der Waals surface area contributed by atoms with Gasteiger partial charge < -0.3 is 18.0 Å². The minimum absolute atomic E-state index is 0.643. The van der Waals surface area contributed by atoms with E-state index in [-0.39, 0.29) is 0 Å². The Morgan fingerprint density at radius 2 is 1.23 bits per heavy atom. The molecule has 0 aromatic rings. The summed E-state index contributed by atoms with van der Waals surface area (Å²) in [5.41, 5.74) is 0. The Morgan fingerprint density at radius 1 is 0.773 bits per heavy atom. The van der Waals surface area contributed by atoms with Crippen molar-refractivity contribution in [2.24, 2.45) is 0 Å². The molecule has 0 rings (SSSR count). The molecule has 0 aliphatic carbocycles. The van der Waals surface area contributed by atoms with Crippen molar-refractivity contribution < 1.29 is 18.0 Å². The minimum Gasteiger partial charge on any atom is -0.487 e. The van der Waals surface area contributed by atoms with Gasteiger partial charge in [0.1, 0.15) is 0 Å². The van der Waals surface area contributed by atoms with Crippen LogP contribution in [0.5, 0.6) is 0 Å². The highest BCUT2D eigenvalue weighted by atomic mass is 32.1. The number of rotatable bonds is 15. The molecule has 0 aliphatic rings. The highest BCUT2D eigenvalue weighted by Crippen LogP contribution is 2.20. The molecule has 0 heterocycles. The van der Waals surface area contributed by atoms with Gasteiger partial charge in [-0.05, 0) is 45.8 Å². The van der Waals surface area contributed by atoms with E-state index in [1.807, 2.05) is 27.7 Å². The first-order chi connectivity index (χ1) is 10.6. The third-order valence-corrected chi connectivity index (χ3v) is 6.54. The van der Waals surface area contributed by atoms with Crippen LogP contribution in [0.25, 0.3) is 0 Å². The summed E-state index contributed by atoms with van der Waals surface area (Å²) in [6, 6.07) is 0.926. The van der Waals surface area contributed by atoms with E-state index in [4.69, 9.17) is 30.2 Å². The Morgan fingerprint density at radius 3 is 1.68 bits per heavy atom. The molecule has 6 heteroatoms. The van der Waals surface area contributed by atoms with Gasteiger partial charge in [-0.25, -0.2) is 0 Å². The van der Waals surface area contributed by atoms with E-state index in [1.165, 1.54) is 25.7 Å². The molecule has 22 heavy (non-hydrogen) atoms. The van der Waals surface area contributed by atoms with Crippen LogP contribution in [0.2, 0.25) is 6.04 Å². The lowest BCUT2D eigenvalue weighted by atomic mass is 10.1. The smallest absolute Gasteiger partial charge is 0.487 e. The number of unbranched alkanes of at least 4 members (excludes halogenated alkanes) is 5. The summed E-state index contributed by atoms with van der Waals surface area (Å²) < 4.78 is 22.9. The number of ether oxygens (including phenoxy) is 1. The van der Waals surface area contributed by atoms with Crippen molar-refractivity contribution in [1.29, 1.82) is 0 Å². The van der Waals surface area contributed by atoms with E-state index in [0.29, 0.717) is 24.9 Å². The maximum Gasteiger partial charge on any atom is 0.500 e. The molecule has 0 bridgehead atoms. The normalized spacial score (nSPS) is 11.6. The van der Waals surface area contributed by atoms with E-state index in [9.17, 15) is 0 Å². The van der Waals surface area contributed by atoms with Gasteiger partial charge in [0, 0.05) is 32.8 Å². The first-order valence-corrected chi connectivity index (χ1v) is 11.0. The van der Waals surface area contributed by atoms with E-state index in [2.05, 4.69) is 0 Å². The van der Waals surface area contributed by atoms with Crippen molar-refractivity contribution in [3.8, 4) is 0 Å². The fourth-order valence-corrected chi connectivity index (χ4v) is 5.14. The van der Waals surface area contributed by atoms with Gasteiger partial charge in [0.25, 0.3) is 0 Å². The monoisotopic (exact) mass is 350 g/mol. The zero-order chi connectivity index (χ0) is 16.7. The highest BCUT2D eigenvalue weighted by molar-refractivity contribution is 7.80. The van der Waals surface area contributed by atoms with Crippen molar-refractivity contribution in [2.45, 2.75) is 72.3 Å². The predicted molar refractivity (Wildman–Crippen MR) is 97.4 cm³/mol. The van der Waals surface area contributed by atoms with E-state index >= 15 is 0 Å². The first kappa shape index (κ1) is 22.0. The molecule has 0 saturated carbocycles. The molecular weight excluding hydrogens is 316 g/mol. The Balaban J connectivity index is 3.77. The van der Waals surface area contributed by atoms with Gasteiger partial charge in [0.2, 0.25) is 0 Å². The minimum atomic E-state index is -2.42. The van der Waals surface area contributed by atoms with Crippen molar-refractivity contribution in [3.63, 3.8) is 0 Å². The van der Waals surface area contributed by atoms with Gasteiger partial charge in [-0.15, -0.1) is 0 Å². The van der Waals surface area contributed by atoms with Crippen LogP contribution < -0.4 is 0 Å². The van der Waals surface area contributed by atoms with Crippen molar-refractivity contribution in [3.05, 3.63) is 0 Å². The van der Waals surface area contributed by atoms with Crippen LogP contribution >= 0.6 is 12.2 Å². The third-order valence-electron chi connectivity index (χ3n) is 3.28. The predicted octanol–water partition coefficient (Wildman–Crippen LogP) is 4.74. The zero-order valence-corrected chi connectivity index (χ0v) is 16.6. The quantitative estimate of drug-likeness (QED) is 0.242. The van der Waals surface area contributed by atoms with Crippen molar-refractivity contribution in [2.75, 3.05) is 26.4 Å². The fraction of sp³-hybridized carbons (Fsp3) is 0.938. The van der Waals surface area contributed by atoms with Gasteiger partial charge in [-0.2, -0.15) is 0 Å². The molecular formula is C16H34O4SSi. The molecule has 0 amide bonds. The molecule has 0 saturated heterocycles. The van der Waals surface area contributed by atoms with Crippen molar-refractivity contribution in [1.82, 2.24) is 0 Å². The number of hydrogen-bond donors (Lipinski definition) is 0. The van der Waals surface area contributed by atoms with Gasteiger partial charge in [-0.1, -0.05) is 25.7 Å². The van der Waals surface area contributed by atoms with Gasteiger partial charge in [0.15, 0.2) is 5.05 Å². The third kappa shape index (κ3) is 11.5. The van der Waals surface area contributed by atoms with Gasteiger partial charge in [0.05, 0.1) is 6.61 Å². The summed E-state index contributed by atoms with van der Waals surface area (Å²) in [7, 11) is -2.42. The van der Waals surface area contributed by atoms with Crippen LogP contribution in [-0.2, 0) is 18.0 Å². The maximum atomic E-state index is 5.86. The van der Waals surface area contributed by atoms with Crippen LogP contribution in [0.4, 0.5) is 0 Å². The Bertz CT molecular complexity index is 260. The number of hydrogen-bond acceptors (Lipinski definition) is 5. The lowest BCUT2D eigenvalue weighted by Gasteiger charge is -2.28. The standard InChI is InChI=1S/C16H34O4SSi/c1-5-18-22(19-6-2,20-7-3)15-13-11-9-8-10-12-14-17-16(4)21/h5-15H2,1-4H3. The topological polar surface area (TPSA) is 36.9 Å². The summed E-state index contributed by atoms with van der Waals surface area (Å²) in [5, 5.41) is 0.643. The molecule has 0 atom stereocenters. The van der Waals surface area contributed by atoms with E-state index < -0.39 is 8.80 Å². The molecule has 0 aromatic carbocycles. The Kier molecular flexibility index (Phi) is 14.6. The van der Waals surface area contributed by atoms with E-state index in [1.54, 1.807) is 0 Å². The average molecular weight is 351 g/mol. The molecule has 0 fully saturated rings. The van der Waals surface area contributed by atoms with Gasteiger partial charge in [-0.3, -0.25) is 0 Å². The van der Waals surface area contributed by atoms with Crippen LogP contribution in [0, 0.1) is 0 Å². The first-order valence-electron chi connectivity index (χ1n) is 8.65. The second kappa shape index (κ2) is 14.6. The van der Waals surface area contributed by atoms with Crippen LogP contribution in [0.3, 0.4) is 0 Å². The summed E-state index contributed by atoms with van der Waals surface area (Å²) in [6.07, 6.45) is 7.09. The SMILES string of the molecule is CCO[Si](CCCCCCCCOC(C)=S)(OCC)OCC. The molecule has 0 radical (unpaired) electrons. The molecule has 0 aromatic heterocycles. The molecule has 0 spiro atoms. The Hall–Kier alpha value is -0.0131. The van der Waals surface area contributed by atoms with Crippen LogP contribution in [0.15, 0.2) is 0 Å². The number of thiocarbonyl (C=S) groups is 1. The highest BCUT2D eigenvalue weighted by Gasteiger charge is 2.39. The zero-order valence-electron chi connectivity index (χ0n) is 14.8. The average Bonchev–Trinajstić information content (AvgIpc) is 2.46. The lowest BCUT2D eigenvalue weighted by Crippen LogP contribution is -2.45. The molecule has 4 nitrogen and oxygen atoms in total. The Labute approximate surface area is 143 Å². The largest absolute Gasteiger partial charge is 0.500 e. The molecule has 0 unspecified atom stereocenters. The summed E-state index contributed by atoms with van der Waals surface area (Å²) in [5.74, 6) is 0. The summed E-state index contributed by atoms with van der Waals surface area (Å²) in [4.78, 5) is 0. The van der Waals surface area contributed by atoms with Crippen LogP contribution in [0.1, 0.15) is 66.2 Å². The fourth-order valence-electron chi connectivity index (χ4n) is 2.37. The molecule has 132 valence electrons. The van der Waals surface area contributed by atoms with Gasteiger partial charge >= 0.3 is 8.80 Å².